The molecule has 0 saturated carbocycles. The lowest BCUT2D eigenvalue weighted by atomic mass is 9.78. The summed E-state index contributed by atoms with van der Waals surface area (Å²) < 4.78 is 4.72. The van der Waals surface area contributed by atoms with Gasteiger partial charge in [-0.1, -0.05) is 44.6 Å². The second-order valence-electron chi connectivity index (χ2n) is 9.95. The van der Waals surface area contributed by atoms with Crippen LogP contribution in [0.3, 0.4) is 0 Å². The summed E-state index contributed by atoms with van der Waals surface area (Å²) in [7, 11) is 0. The zero-order chi connectivity index (χ0) is 23.9. The number of esters is 1. The monoisotopic (exact) mass is 476 g/mol. The molecule has 182 valence electrons. The van der Waals surface area contributed by atoms with Crippen LogP contribution in [0.4, 0.5) is 0 Å². The molecule has 4 aliphatic rings. The number of hydrogen-bond acceptors (Lipinski definition) is 6. The Balaban J connectivity index is 1.88. The van der Waals surface area contributed by atoms with Crippen molar-refractivity contribution in [3.63, 3.8) is 0 Å². The van der Waals surface area contributed by atoms with Gasteiger partial charge in [0, 0.05) is 17.8 Å². The van der Waals surface area contributed by atoms with E-state index in [2.05, 4.69) is 6.08 Å². The highest BCUT2D eigenvalue weighted by Crippen LogP contribution is 2.61. The molecule has 1 N–H and O–H groups in total. The molecule has 33 heavy (non-hydrogen) atoms. The van der Waals surface area contributed by atoms with E-state index in [9.17, 15) is 19.5 Å². The molecule has 2 saturated heterocycles. The Morgan fingerprint density at radius 1 is 1.21 bits per heavy atom. The highest BCUT2D eigenvalue weighted by Gasteiger charge is 2.71. The Labute approximate surface area is 200 Å². The van der Waals surface area contributed by atoms with Crippen LogP contribution < -0.4 is 0 Å². The van der Waals surface area contributed by atoms with E-state index in [-0.39, 0.29) is 41.6 Å². The van der Waals surface area contributed by atoms with Gasteiger partial charge in [-0.15, -0.1) is 11.8 Å². The Kier molecular flexibility index (Phi) is 6.97. The van der Waals surface area contributed by atoms with Crippen molar-refractivity contribution in [2.24, 2.45) is 17.8 Å². The molecule has 7 nitrogen and oxygen atoms in total. The van der Waals surface area contributed by atoms with Gasteiger partial charge in [0.05, 0.1) is 35.8 Å². The van der Waals surface area contributed by atoms with Crippen LogP contribution in [0.1, 0.15) is 47.0 Å². The number of rotatable bonds is 5. The topological polar surface area (TPSA) is 87.2 Å². The molecule has 0 aliphatic carbocycles. The maximum Gasteiger partial charge on any atom is 0.311 e. The van der Waals surface area contributed by atoms with Crippen molar-refractivity contribution in [2.45, 2.75) is 75.1 Å². The van der Waals surface area contributed by atoms with E-state index in [1.807, 2.05) is 45.9 Å². The zero-order valence-electron chi connectivity index (χ0n) is 20.0. The van der Waals surface area contributed by atoms with Gasteiger partial charge in [-0.05, 0) is 32.6 Å². The fraction of sp³-hybridized carbons (Fsp3) is 0.720. The SMILES string of the molecule is CC[C@H](C)[C@H](CO)N1C(=O)[C@@H]2[C@@H]3C(=O)OCCC/C=C\[C@@H]3S[C@@]23C=CCN(C(C)C)C(=O)C13. The molecular weight excluding hydrogens is 440 g/mol. The van der Waals surface area contributed by atoms with Crippen molar-refractivity contribution in [1.82, 2.24) is 9.80 Å². The molecular formula is C25H36N2O5S. The minimum Gasteiger partial charge on any atom is -0.465 e. The van der Waals surface area contributed by atoms with Crippen LogP contribution in [0.2, 0.25) is 0 Å². The van der Waals surface area contributed by atoms with Crippen LogP contribution >= 0.6 is 11.8 Å². The van der Waals surface area contributed by atoms with Gasteiger partial charge in [0.15, 0.2) is 0 Å². The van der Waals surface area contributed by atoms with Gasteiger partial charge < -0.3 is 19.6 Å². The van der Waals surface area contributed by atoms with Crippen LogP contribution in [0.5, 0.6) is 0 Å². The van der Waals surface area contributed by atoms with Crippen LogP contribution in [0.15, 0.2) is 24.3 Å². The Morgan fingerprint density at radius 3 is 2.64 bits per heavy atom. The van der Waals surface area contributed by atoms with Gasteiger partial charge in [-0.25, -0.2) is 0 Å². The van der Waals surface area contributed by atoms with E-state index in [1.54, 1.807) is 21.6 Å². The molecule has 0 radical (unpaired) electrons. The summed E-state index contributed by atoms with van der Waals surface area (Å²) in [5.74, 6) is -2.02. The van der Waals surface area contributed by atoms with Crippen LogP contribution in [0, 0.1) is 17.8 Å². The summed E-state index contributed by atoms with van der Waals surface area (Å²) in [5, 5.41) is 10.1. The van der Waals surface area contributed by atoms with Gasteiger partial charge in [0.25, 0.3) is 0 Å². The minimum absolute atomic E-state index is 0.00976. The number of thioether (sulfide) groups is 1. The lowest BCUT2D eigenvalue weighted by Gasteiger charge is -2.41. The largest absolute Gasteiger partial charge is 0.465 e. The zero-order valence-corrected chi connectivity index (χ0v) is 20.8. The van der Waals surface area contributed by atoms with Crippen molar-refractivity contribution >= 4 is 29.5 Å². The van der Waals surface area contributed by atoms with Crippen molar-refractivity contribution < 1.29 is 24.2 Å². The van der Waals surface area contributed by atoms with Gasteiger partial charge >= 0.3 is 5.97 Å². The summed E-state index contributed by atoms with van der Waals surface area (Å²) in [6.45, 7) is 8.54. The molecule has 8 heteroatoms. The molecule has 1 unspecified atom stereocenters. The fourth-order valence-corrected chi connectivity index (χ4v) is 7.83. The number of nitrogens with zero attached hydrogens (tertiary/aromatic N) is 2. The number of fused-ring (bicyclic) bond motifs is 2. The molecule has 0 aromatic rings. The van der Waals surface area contributed by atoms with Crippen molar-refractivity contribution in [2.75, 3.05) is 19.8 Å². The molecule has 0 bridgehead atoms. The second kappa shape index (κ2) is 9.45. The molecule has 7 atom stereocenters. The molecule has 4 rings (SSSR count). The Hall–Kier alpha value is -1.80. The molecule has 1 spiro atoms. The van der Waals surface area contributed by atoms with Crippen molar-refractivity contribution in [1.29, 1.82) is 0 Å². The third-order valence-electron chi connectivity index (χ3n) is 7.79. The molecule has 2 amide bonds. The molecule has 4 aliphatic heterocycles. The second-order valence-corrected chi connectivity index (χ2v) is 11.4. The van der Waals surface area contributed by atoms with Gasteiger partial charge in [0.2, 0.25) is 11.8 Å². The van der Waals surface area contributed by atoms with E-state index in [1.165, 1.54) is 0 Å². The minimum atomic E-state index is -0.865. The van der Waals surface area contributed by atoms with E-state index < -0.39 is 28.7 Å². The molecule has 0 aromatic heterocycles. The van der Waals surface area contributed by atoms with Gasteiger partial charge in [-0.2, -0.15) is 0 Å². The number of carbonyl (C=O) groups is 3. The van der Waals surface area contributed by atoms with E-state index in [4.69, 9.17) is 4.74 Å². The first-order valence-corrected chi connectivity index (χ1v) is 13.1. The number of allylic oxidation sites excluding steroid dienone is 1. The highest BCUT2D eigenvalue weighted by molar-refractivity contribution is 8.02. The molecule has 4 heterocycles. The Morgan fingerprint density at radius 2 is 1.97 bits per heavy atom. The number of likely N-dealkylation sites (tertiary alicyclic amines) is 1. The summed E-state index contributed by atoms with van der Waals surface area (Å²) >= 11 is 1.55. The first kappa shape index (κ1) is 24.3. The first-order chi connectivity index (χ1) is 15.8. The maximum atomic E-state index is 14.2. The van der Waals surface area contributed by atoms with Crippen molar-refractivity contribution in [3.8, 4) is 0 Å². The summed E-state index contributed by atoms with van der Waals surface area (Å²) in [6.07, 6.45) is 10.4. The van der Waals surface area contributed by atoms with E-state index in [0.717, 1.165) is 19.3 Å². The number of carbonyl (C=O) groups excluding carboxylic acids is 3. The van der Waals surface area contributed by atoms with Crippen LogP contribution in [0.25, 0.3) is 0 Å². The number of aliphatic hydroxyl groups is 1. The van der Waals surface area contributed by atoms with Crippen LogP contribution in [-0.4, -0.2) is 80.6 Å². The predicted octanol–water partition coefficient (Wildman–Crippen LogP) is 2.39. The quantitative estimate of drug-likeness (QED) is 0.484. The fourth-order valence-electron chi connectivity index (χ4n) is 5.85. The number of cyclic esters (lactones) is 1. The summed E-state index contributed by atoms with van der Waals surface area (Å²) in [4.78, 5) is 44.8. The lowest BCUT2D eigenvalue weighted by molar-refractivity contribution is -0.154. The normalized spacial score (nSPS) is 36.8. The molecule has 2 fully saturated rings. The maximum absolute atomic E-state index is 14.2. The standard InChI is InChI=1S/C25H36N2O5S/c1-5-16(4)17(14-28)27-21-23(30)26(15(2)3)12-9-11-25(21)20(22(27)29)19-18(33-25)10-7-6-8-13-32-24(19)31/h7,9-11,15-21,28H,5-6,8,12-14H2,1-4H3/b10-7-/t16-,17-,18-,19+,20-,21?,25-/m0/s1. The average Bonchev–Trinajstić information content (AvgIpc) is 3.19. The lowest BCUT2D eigenvalue weighted by Crippen LogP contribution is -2.58. The first-order valence-electron chi connectivity index (χ1n) is 12.2. The average molecular weight is 477 g/mol. The van der Waals surface area contributed by atoms with Crippen molar-refractivity contribution in [3.05, 3.63) is 24.3 Å². The third kappa shape index (κ3) is 3.83. The number of amides is 2. The number of hydrogen-bond donors (Lipinski definition) is 1. The van der Waals surface area contributed by atoms with Crippen LogP contribution in [-0.2, 0) is 19.1 Å². The smallest absolute Gasteiger partial charge is 0.311 e. The highest BCUT2D eigenvalue weighted by atomic mass is 32.2. The summed E-state index contributed by atoms with van der Waals surface area (Å²) in [5.41, 5.74) is 0. The van der Waals surface area contributed by atoms with Gasteiger partial charge in [-0.3, -0.25) is 14.4 Å². The van der Waals surface area contributed by atoms with E-state index >= 15 is 0 Å². The molecule has 0 aromatic carbocycles. The number of aliphatic hydroxyl groups excluding tert-OH is 1. The Bertz CT molecular complexity index is 858. The third-order valence-corrected chi connectivity index (χ3v) is 9.53. The van der Waals surface area contributed by atoms with E-state index in [0.29, 0.717) is 13.2 Å². The summed E-state index contributed by atoms with van der Waals surface area (Å²) in [6, 6.07) is -1.27. The van der Waals surface area contributed by atoms with Gasteiger partial charge in [0.1, 0.15) is 6.04 Å². The predicted molar refractivity (Wildman–Crippen MR) is 127 cm³/mol. The number of ether oxygens (including phenoxy) is 1.